The Hall–Kier alpha value is -1.18. The molecule has 0 spiro atoms. The van der Waals surface area contributed by atoms with Crippen molar-refractivity contribution in [2.45, 2.75) is 63.7 Å². The first-order valence-corrected chi connectivity index (χ1v) is 11.3. The highest BCUT2D eigenvalue weighted by atomic mass is 32.2. The molecule has 2 fully saturated rings. The summed E-state index contributed by atoms with van der Waals surface area (Å²) in [4.78, 5) is 13.6. The lowest BCUT2D eigenvalue weighted by Gasteiger charge is -2.38. The van der Waals surface area contributed by atoms with E-state index in [-0.39, 0.29) is 50.4 Å². The zero-order valence-electron chi connectivity index (χ0n) is 15.1. The molecular formula is C18H28F2N2O3S. The molecule has 2 saturated heterocycles. The second-order valence-corrected chi connectivity index (χ2v) is 9.64. The number of rotatable bonds is 5. The van der Waals surface area contributed by atoms with Gasteiger partial charge in [-0.2, -0.15) is 0 Å². The highest BCUT2D eigenvalue weighted by Crippen LogP contribution is 2.36. The zero-order chi connectivity index (χ0) is 18.8. The number of carbonyl (C=O) groups excluding carboxylic acids is 1. The minimum Gasteiger partial charge on any atom is -0.342 e. The number of hydrogen-bond donors (Lipinski definition) is 0. The molecule has 2 heterocycles. The second kappa shape index (κ2) is 7.82. The molecule has 1 aliphatic carbocycles. The summed E-state index contributed by atoms with van der Waals surface area (Å²) in [6, 6.07) is 0. The number of carbonyl (C=O) groups is 1. The molecule has 0 aromatic rings. The molecule has 26 heavy (non-hydrogen) atoms. The molecule has 0 saturated carbocycles. The summed E-state index contributed by atoms with van der Waals surface area (Å²) in [6.07, 6.45) is 6.81. The maximum Gasteiger partial charge on any atom is 0.251 e. The standard InChI is InChI=1S/C18H28F2N2O3S/c19-18(20)9-12-21(13-10-18)17(23)8-4-14-26(24,25)22-11-3-6-15-5-1-2-7-16(15)22/h7,15H,1-6,8-14H2. The van der Waals surface area contributed by atoms with Gasteiger partial charge in [-0.3, -0.25) is 9.10 Å². The van der Waals surface area contributed by atoms with E-state index in [2.05, 4.69) is 6.08 Å². The SMILES string of the molecule is O=C(CCCS(=O)(=O)N1CCCC2CCCC=C21)N1CCC(F)(F)CC1. The van der Waals surface area contributed by atoms with Crippen molar-refractivity contribution in [1.82, 2.24) is 9.21 Å². The fourth-order valence-corrected chi connectivity index (χ4v) is 5.88. The van der Waals surface area contributed by atoms with Gasteiger partial charge in [0.25, 0.3) is 5.92 Å². The summed E-state index contributed by atoms with van der Waals surface area (Å²) in [5.74, 6) is -2.61. The van der Waals surface area contributed by atoms with Crippen LogP contribution >= 0.6 is 0 Å². The Labute approximate surface area is 154 Å². The maximum absolute atomic E-state index is 13.2. The predicted octanol–water partition coefficient (Wildman–Crippen LogP) is 3.13. The molecule has 8 heteroatoms. The third-order valence-electron chi connectivity index (χ3n) is 5.71. The van der Waals surface area contributed by atoms with E-state index in [0.717, 1.165) is 37.8 Å². The minimum absolute atomic E-state index is 0.0548. The minimum atomic E-state index is -3.42. The Morgan fingerprint density at radius 2 is 1.85 bits per heavy atom. The molecule has 1 atom stereocenters. The molecular weight excluding hydrogens is 362 g/mol. The number of sulfonamides is 1. The van der Waals surface area contributed by atoms with Crippen LogP contribution in [-0.2, 0) is 14.8 Å². The van der Waals surface area contributed by atoms with E-state index in [0.29, 0.717) is 12.5 Å². The van der Waals surface area contributed by atoms with Crippen LogP contribution in [0, 0.1) is 5.92 Å². The molecule has 2 aliphatic heterocycles. The fraction of sp³-hybridized carbons (Fsp3) is 0.833. The Balaban J connectivity index is 1.50. The van der Waals surface area contributed by atoms with E-state index in [4.69, 9.17) is 0 Å². The highest BCUT2D eigenvalue weighted by Gasteiger charge is 2.36. The van der Waals surface area contributed by atoms with Gasteiger partial charge in [0.15, 0.2) is 0 Å². The van der Waals surface area contributed by atoms with Crippen LogP contribution in [0.1, 0.15) is 57.8 Å². The largest absolute Gasteiger partial charge is 0.342 e. The van der Waals surface area contributed by atoms with Crippen molar-refractivity contribution >= 4 is 15.9 Å². The van der Waals surface area contributed by atoms with E-state index in [1.54, 1.807) is 4.31 Å². The first-order chi connectivity index (χ1) is 12.3. The summed E-state index contributed by atoms with van der Waals surface area (Å²) in [7, 11) is -3.42. The van der Waals surface area contributed by atoms with Gasteiger partial charge in [0.05, 0.1) is 5.75 Å². The van der Waals surface area contributed by atoms with Gasteiger partial charge in [0, 0.05) is 44.6 Å². The van der Waals surface area contributed by atoms with Crippen molar-refractivity contribution in [2.24, 2.45) is 5.92 Å². The van der Waals surface area contributed by atoms with Gasteiger partial charge in [0.1, 0.15) is 0 Å². The van der Waals surface area contributed by atoms with Crippen molar-refractivity contribution in [2.75, 3.05) is 25.4 Å². The number of nitrogens with zero attached hydrogens (tertiary/aromatic N) is 2. The average molecular weight is 390 g/mol. The summed E-state index contributed by atoms with van der Waals surface area (Å²) in [5.41, 5.74) is 0.951. The predicted molar refractivity (Wildman–Crippen MR) is 95.1 cm³/mol. The number of alkyl halides is 2. The third-order valence-corrected chi connectivity index (χ3v) is 7.58. The van der Waals surface area contributed by atoms with Gasteiger partial charge >= 0.3 is 0 Å². The normalized spacial score (nSPS) is 26.2. The molecule has 3 rings (SSSR count). The summed E-state index contributed by atoms with van der Waals surface area (Å²) < 4.78 is 53.4. The van der Waals surface area contributed by atoms with Crippen molar-refractivity contribution in [3.63, 3.8) is 0 Å². The number of likely N-dealkylation sites (tertiary alicyclic amines) is 1. The van der Waals surface area contributed by atoms with Crippen LogP contribution in [0.4, 0.5) is 8.78 Å². The van der Waals surface area contributed by atoms with Gasteiger partial charge in [-0.25, -0.2) is 17.2 Å². The molecule has 1 amide bonds. The second-order valence-electron chi connectivity index (χ2n) is 7.63. The third kappa shape index (κ3) is 4.56. The molecule has 0 N–H and O–H groups in total. The lowest BCUT2D eigenvalue weighted by molar-refractivity contribution is -0.137. The molecule has 1 unspecified atom stereocenters. The summed E-state index contributed by atoms with van der Waals surface area (Å²) in [5, 5.41) is 0. The van der Waals surface area contributed by atoms with E-state index >= 15 is 0 Å². The lowest BCUT2D eigenvalue weighted by Crippen LogP contribution is -2.43. The summed E-state index contributed by atoms with van der Waals surface area (Å²) >= 11 is 0. The lowest BCUT2D eigenvalue weighted by atomic mass is 9.86. The van der Waals surface area contributed by atoms with Crippen LogP contribution in [0.3, 0.4) is 0 Å². The quantitative estimate of drug-likeness (QED) is 0.725. The topological polar surface area (TPSA) is 57.7 Å². The van der Waals surface area contributed by atoms with Crippen LogP contribution in [0.2, 0.25) is 0 Å². The molecule has 0 aromatic carbocycles. The van der Waals surface area contributed by atoms with E-state index in [1.165, 1.54) is 4.90 Å². The van der Waals surface area contributed by atoms with Crippen molar-refractivity contribution in [3.8, 4) is 0 Å². The molecule has 5 nitrogen and oxygen atoms in total. The smallest absolute Gasteiger partial charge is 0.251 e. The highest BCUT2D eigenvalue weighted by molar-refractivity contribution is 7.89. The number of halogens is 2. The van der Waals surface area contributed by atoms with Gasteiger partial charge in [-0.05, 0) is 44.4 Å². The Morgan fingerprint density at radius 1 is 1.15 bits per heavy atom. The van der Waals surface area contributed by atoms with Gasteiger partial charge in [0.2, 0.25) is 15.9 Å². The number of fused-ring (bicyclic) bond motifs is 1. The first kappa shape index (κ1) is 19.6. The number of allylic oxidation sites excluding steroid dienone is 2. The molecule has 0 aromatic heterocycles. The van der Waals surface area contributed by atoms with E-state index < -0.39 is 15.9 Å². The summed E-state index contributed by atoms with van der Waals surface area (Å²) in [6.45, 7) is 0.637. The van der Waals surface area contributed by atoms with Crippen LogP contribution < -0.4 is 0 Å². The Bertz CT molecular complexity index is 653. The van der Waals surface area contributed by atoms with Gasteiger partial charge in [-0.15, -0.1) is 0 Å². The van der Waals surface area contributed by atoms with Crippen LogP contribution in [0.25, 0.3) is 0 Å². The fourth-order valence-electron chi connectivity index (χ4n) is 4.19. The van der Waals surface area contributed by atoms with Gasteiger partial charge in [-0.1, -0.05) is 6.08 Å². The first-order valence-electron chi connectivity index (χ1n) is 9.65. The monoisotopic (exact) mass is 390 g/mol. The number of hydrogen-bond acceptors (Lipinski definition) is 3. The Morgan fingerprint density at radius 3 is 2.58 bits per heavy atom. The van der Waals surface area contributed by atoms with E-state index in [9.17, 15) is 22.0 Å². The average Bonchev–Trinajstić information content (AvgIpc) is 2.61. The molecule has 0 bridgehead atoms. The number of amides is 1. The van der Waals surface area contributed by atoms with Crippen molar-refractivity contribution in [1.29, 1.82) is 0 Å². The molecule has 0 radical (unpaired) electrons. The zero-order valence-corrected chi connectivity index (χ0v) is 15.9. The van der Waals surface area contributed by atoms with Crippen molar-refractivity contribution in [3.05, 3.63) is 11.8 Å². The number of piperidine rings is 2. The van der Waals surface area contributed by atoms with Crippen LogP contribution in [0.5, 0.6) is 0 Å². The Kier molecular flexibility index (Phi) is 5.89. The van der Waals surface area contributed by atoms with Crippen LogP contribution in [-0.4, -0.2) is 54.8 Å². The van der Waals surface area contributed by atoms with E-state index in [1.807, 2.05) is 0 Å². The molecule has 3 aliphatic rings. The molecule has 148 valence electrons. The van der Waals surface area contributed by atoms with Crippen molar-refractivity contribution < 1.29 is 22.0 Å². The van der Waals surface area contributed by atoms with Crippen LogP contribution in [0.15, 0.2) is 11.8 Å². The van der Waals surface area contributed by atoms with Gasteiger partial charge < -0.3 is 4.90 Å². The maximum atomic E-state index is 13.2.